The molecule has 21 heavy (non-hydrogen) atoms. The zero-order valence-corrected chi connectivity index (χ0v) is 12.3. The minimum atomic E-state index is -1.19. The molecule has 0 aliphatic heterocycles. The fraction of sp³-hybridized carbons (Fsp3) is 0.467. The van der Waals surface area contributed by atoms with Crippen molar-refractivity contribution in [1.29, 1.82) is 0 Å². The Labute approximate surface area is 123 Å². The lowest BCUT2D eigenvalue weighted by atomic mass is 10.1. The van der Waals surface area contributed by atoms with Gasteiger partial charge in [-0.25, -0.2) is 10.2 Å². The number of ether oxygens (including phenoxy) is 2. The number of nitrogens with zero attached hydrogens (tertiary/aromatic N) is 1. The molecule has 6 nitrogen and oxygen atoms in total. The van der Waals surface area contributed by atoms with Crippen molar-refractivity contribution in [3.05, 3.63) is 23.8 Å². The first kappa shape index (κ1) is 15.2. The topological polar surface area (TPSA) is 80.2 Å². The van der Waals surface area contributed by atoms with E-state index in [2.05, 4.69) is 5.10 Å². The molecule has 1 aliphatic carbocycles. The number of nitrogens with one attached hydrogen (secondary N) is 1. The lowest BCUT2D eigenvalue weighted by Crippen LogP contribution is -2.16. The Hall–Kier alpha value is -2.24. The number of rotatable bonds is 5. The number of amides is 1. The fourth-order valence-corrected chi connectivity index (χ4v) is 2.38. The zero-order chi connectivity index (χ0) is 15.2. The largest absolute Gasteiger partial charge is 0.493 e. The van der Waals surface area contributed by atoms with Gasteiger partial charge in [-0.1, -0.05) is 0 Å². The maximum Gasteiger partial charge on any atom is 0.425 e. The van der Waals surface area contributed by atoms with Crippen LogP contribution in [0.2, 0.25) is 0 Å². The summed E-state index contributed by atoms with van der Waals surface area (Å²) in [7, 11) is 1.60. The number of hydrogen-bond acceptors (Lipinski definition) is 4. The summed E-state index contributed by atoms with van der Waals surface area (Å²) < 4.78 is 11.3. The zero-order valence-electron chi connectivity index (χ0n) is 12.3. The molecule has 1 aromatic carbocycles. The summed E-state index contributed by atoms with van der Waals surface area (Å²) in [5.74, 6) is 1.34. The second-order valence-electron chi connectivity index (χ2n) is 5.00. The van der Waals surface area contributed by atoms with Crippen molar-refractivity contribution in [3.8, 4) is 11.5 Å². The van der Waals surface area contributed by atoms with Crippen LogP contribution in [-0.4, -0.2) is 30.1 Å². The summed E-state index contributed by atoms with van der Waals surface area (Å²) in [6, 6.07) is 5.46. The SMILES string of the molecule is COc1ccc(C(C)=NNC(=O)O)cc1OC1CCCC1. The van der Waals surface area contributed by atoms with Gasteiger partial charge in [-0.3, -0.25) is 0 Å². The van der Waals surface area contributed by atoms with Gasteiger partial charge in [0.1, 0.15) is 0 Å². The summed E-state index contributed by atoms with van der Waals surface area (Å²) >= 11 is 0. The molecule has 0 atom stereocenters. The van der Waals surface area contributed by atoms with E-state index in [1.165, 1.54) is 12.8 Å². The number of carbonyl (C=O) groups is 1. The van der Waals surface area contributed by atoms with E-state index in [0.29, 0.717) is 17.2 Å². The normalized spacial score (nSPS) is 15.8. The minimum absolute atomic E-state index is 0.225. The van der Waals surface area contributed by atoms with Gasteiger partial charge in [-0.05, 0) is 50.8 Å². The van der Waals surface area contributed by atoms with E-state index < -0.39 is 6.09 Å². The van der Waals surface area contributed by atoms with Crippen molar-refractivity contribution < 1.29 is 19.4 Å². The molecule has 1 aliphatic rings. The maximum atomic E-state index is 10.5. The van der Waals surface area contributed by atoms with Crippen molar-refractivity contribution in [2.75, 3.05) is 7.11 Å². The highest BCUT2D eigenvalue weighted by Crippen LogP contribution is 2.32. The van der Waals surface area contributed by atoms with Crippen LogP contribution >= 0.6 is 0 Å². The third-order valence-electron chi connectivity index (χ3n) is 3.50. The molecule has 1 fully saturated rings. The van der Waals surface area contributed by atoms with Gasteiger partial charge in [-0.15, -0.1) is 0 Å². The Kier molecular flexibility index (Phi) is 5.03. The molecule has 114 valence electrons. The van der Waals surface area contributed by atoms with Crippen LogP contribution in [-0.2, 0) is 0 Å². The summed E-state index contributed by atoms with van der Waals surface area (Å²) in [4.78, 5) is 10.5. The Morgan fingerprint density at radius 1 is 1.33 bits per heavy atom. The predicted molar refractivity (Wildman–Crippen MR) is 79.2 cm³/mol. The van der Waals surface area contributed by atoms with Crippen LogP contribution in [0.1, 0.15) is 38.2 Å². The molecular formula is C15H20N2O4. The Bertz CT molecular complexity index is 536. The Balaban J connectivity index is 2.19. The second-order valence-corrected chi connectivity index (χ2v) is 5.00. The third kappa shape index (κ3) is 4.11. The van der Waals surface area contributed by atoms with E-state index in [1.807, 2.05) is 17.6 Å². The molecular weight excluding hydrogens is 272 g/mol. The number of methoxy groups -OCH3 is 1. The van der Waals surface area contributed by atoms with Gasteiger partial charge in [0, 0.05) is 5.56 Å². The molecule has 0 aromatic heterocycles. The van der Waals surface area contributed by atoms with E-state index >= 15 is 0 Å². The van der Waals surface area contributed by atoms with Crippen LogP contribution in [0.3, 0.4) is 0 Å². The molecule has 0 unspecified atom stereocenters. The van der Waals surface area contributed by atoms with Crippen LogP contribution in [0, 0.1) is 0 Å². The van der Waals surface area contributed by atoms with Crippen LogP contribution in [0.5, 0.6) is 11.5 Å². The van der Waals surface area contributed by atoms with Gasteiger partial charge in [-0.2, -0.15) is 5.10 Å². The van der Waals surface area contributed by atoms with Gasteiger partial charge < -0.3 is 14.6 Å². The molecule has 0 spiro atoms. The molecule has 0 radical (unpaired) electrons. The quantitative estimate of drug-likeness (QED) is 0.645. The Morgan fingerprint density at radius 3 is 2.67 bits per heavy atom. The molecule has 2 N–H and O–H groups in total. The molecule has 0 bridgehead atoms. The highest BCUT2D eigenvalue weighted by Gasteiger charge is 2.18. The lowest BCUT2D eigenvalue weighted by molar-refractivity contribution is 0.195. The first-order valence-electron chi connectivity index (χ1n) is 6.98. The van der Waals surface area contributed by atoms with Crippen LogP contribution in [0.25, 0.3) is 0 Å². The highest BCUT2D eigenvalue weighted by molar-refractivity contribution is 5.99. The molecule has 0 saturated heterocycles. The lowest BCUT2D eigenvalue weighted by Gasteiger charge is -2.16. The van der Waals surface area contributed by atoms with Crippen molar-refractivity contribution in [2.24, 2.45) is 5.10 Å². The minimum Gasteiger partial charge on any atom is -0.493 e. The third-order valence-corrected chi connectivity index (χ3v) is 3.50. The average molecular weight is 292 g/mol. The first-order valence-corrected chi connectivity index (χ1v) is 6.98. The van der Waals surface area contributed by atoms with Crippen LogP contribution in [0.4, 0.5) is 4.79 Å². The number of benzene rings is 1. The number of hydrogen-bond donors (Lipinski definition) is 2. The van der Waals surface area contributed by atoms with Gasteiger partial charge in [0.2, 0.25) is 0 Å². The molecule has 1 amide bonds. The van der Waals surface area contributed by atoms with Gasteiger partial charge in [0.05, 0.1) is 18.9 Å². The van der Waals surface area contributed by atoms with E-state index in [9.17, 15) is 4.79 Å². The smallest absolute Gasteiger partial charge is 0.425 e. The van der Waals surface area contributed by atoms with Crippen molar-refractivity contribution in [1.82, 2.24) is 5.43 Å². The van der Waals surface area contributed by atoms with Crippen molar-refractivity contribution >= 4 is 11.8 Å². The van der Waals surface area contributed by atoms with Gasteiger partial charge >= 0.3 is 6.09 Å². The molecule has 2 rings (SSSR count). The van der Waals surface area contributed by atoms with Crippen molar-refractivity contribution in [3.63, 3.8) is 0 Å². The molecule has 6 heteroatoms. The monoisotopic (exact) mass is 292 g/mol. The van der Waals surface area contributed by atoms with E-state index in [4.69, 9.17) is 14.6 Å². The Morgan fingerprint density at radius 2 is 2.05 bits per heavy atom. The van der Waals surface area contributed by atoms with E-state index in [-0.39, 0.29) is 6.10 Å². The van der Waals surface area contributed by atoms with Crippen LogP contribution < -0.4 is 14.9 Å². The summed E-state index contributed by atoms with van der Waals surface area (Å²) in [6.07, 6.45) is 3.53. The first-order chi connectivity index (χ1) is 10.1. The summed E-state index contributed by atoms with van der Waals surface area (Å²) in [6.45, 7) is 1.73. The number of carboxylic acid groups (broad SMARTS) is 1. The molecule has 1 saturated carbocycles. The molecule has 1 aromatic rings. The standard InChI is InChI=1S/C15H20N2O4/c1-10(16-17-15(18)19)11-7-8-13(20-2)14(9-11)21-12-5-3-4-6-12/h7-9,12,17H,3-6H2,1-2H3,(H,18,19). The predicted octanol–water partition coefficient (Wildman–Crippen LogP) is 3.01. The number of hydrazone groups is 1. The average Bonchev–Trinajstić information content (AvgIpc) is 2.97. The van der Waals surface area contributed by atoms with E-state index in [0.717, 1.165) is 18.4 Å². The molecule has 0 heterocycles. The highest BCUT2D eigenvalue weighted by atomic mass is 16.5. The van der Waals surface area contributed by atoms with Crippen molar-refractivity contribution in [2.45, 2.75) is 38.7 Å². The summed E-state index contributed by atoms with van der Waals surface area (Å²) in [5.41, 5.74) is 3.35. The van der Waals surface area contributed by atoms with Crippen LogP contribution in [0.15, 0.2) is 23.3 Å². The maximum absolute atomic E-state index is 10.5. The fourth-order valence-electron chi connectivity index (χ4n) is 2.38. The summed E-state index contributed by atoms with van der Waals surface area (Å²) in [5, 5.41) is 12.4. The second kappa shape index (κ2) is 6.97. The van der Waals surface area contributed by atoms with E-state index in [1.54, 1.807) is 20.1 Å². The van der Waals surface area contributed by atoms with Gasteiger partial charge in [0.25, 0.3) is 0 Å². The van der Waals surface area contributed by atoms with Gasteiger partial charge in [0.15, 0.2) is 11.5 Å².